The van der Waals surface area contributed by atoms with Gasteiger partial charge in [-0.25, -0.2) is 0 Å². The molecule has 0 fully saturated rings. The molecule has 0 amide bonds. The zero-order valence-corrected chi connectivity index (χ0v) is 9.51. The molecule has 0 saturated heterocycles. The monoisotopic (exact) mass is 231 g/mol. The van der Waals surface area contributed by atoms with Crippen LogP contribution in [0.5, 0.6) is 0 Å². The summed E-state index contributed by atoms with van der Waals surface area (Å²) >= 11 is 0. The normalized spacial score (nSPS) is 14.1. The lowest BCUT2D eigenvalue weighted by atomic mass is 9.81. The molecule has 84 valence electrons. The molecule has 0 saturated carbocycles. The van der Waals surface area contributed by atoms with E-state index in [4.69, 9.17) is 5.73 Å². The molecular formula is C15H9N3. The molecule has 3 rings (SSSR count). The van der Waals surface area contributed by atoms with E-state index in [2.05, 4.69) is 12.1 Å². The predicted molar refractivity (Wildman–Crippen MR) is 68.3 cm³/mol. The fourth-order valence-corrected chi connectivity index (χ4v) is 2.56. The van der Waals surface area contributed by atoms with Gasteiger partial charge in [0.15, 0.2) is 5.41 Å². The number of nitrogens with zero attached hydrogens (tertiary/aromatic N) is 2. The van der Waals surface area contributed by atoms with Crippen LogP contribution in [0.2, 0.25) is 0 Å². The molecule has 18 heavy (non-hydrogen) atoms. The van der Waals surface area contributed by atoms with Crippen LogP contribution in [0, 0.1) is 22.7 Å². The molecule has 0 unspecified atom stereocenters. The largest absolute Gasteiger partial charge is 0.399 e. The molecule has 0 atom stereocenters. The van der Waals surface area contributed by atoms with Crippen molar-refractivity contribution in [2.24, 2.45) is 0 Å². The molecule has 0 bridgehead atoms. The zero-order chi connectivity index (χ0) is 12.8. The number of nitriles is 2. The van der Waals surface area contributed by atoms with Crippen molar-refractivity contribution in [3.63, 3.8) is 0 Å². The number of fused-ring (bicyclic) bond motifs is 3. The van der Waals surface area contributed by atoms with Gasteiger partial charge < -0.3 is 5.73 Å². The molecule has 2 N–H and O–H groups in total. The maximum atomic E-state index is 9.49. The summed E-state index contributed by atoms with van der Waals surface area (Å²) in [7, 11) is 0. The summed E-state index contributed by atoms with van der Waals surface area (Å²) in [6, 6.07) is 17.2. The topological polar surface area (TPSA) is 73.6 Å². The maximum absolute atomic E-state index is 9.49. The van der Waals surface area contributed by atoms with Crippen LogP contribution in [0.3, 0.4) is 0 Å². The second-order valence-corrected chi connectivity index (χ2v) is 4.32. The lowest BCUT2D eigenvalue weighted by molar-refractivity contribution is 0.879. The Morgan fingerprint density at radius 1 is 0.889 bits per heavy atom. The van der Waals surface area contributed by atoms with E-state index in [-0.39, 0.29) is 0 Å². The highest BCUT2D eigenvalue weighted by Crippen LogP contribution is 2.48. The van der Waals surface area contributed by atoms with E-state index in [1.165, 1.54) is 0 Å². The first-order valence-corrected chi connectivity index (χ1v) is 5.55. The third-order valence-corrected chi connectivity index (χ3v) is 3.40. The van der Waals surface area contributed by atoms with Crippen LogP contribution in [0.1, 0.15) is 11.1 Å². The minimum absolute atomic E-state index is 0.566. The lowest BCUT2D eigenvalue weighted by Crippen LogP contribution is -2.20. The minimum atomic E-state index is -1.23. The van der Waals surface area contributed by atoms with E-state index in [1.54, 1.807) is 12.1 Å². The average Bonchev–Trinajstić information content (AvgIpc) is 2.68. The van der Waals surface area contributed by atoms with Gasteiger partial charge in [-0.05, 0) is 28.8 Å². The van der Waals surface area contributed by atoms with Crippen LogP contribution < -0.4 is 5.73 Å². The van der Waals surface area contributed by atoms with Crippen molar-refractivity contribution in [3.05, 3.63) is 53.6 Å². The van der Waals surface area contributed by atoms with Crippen LogP contribution in [0.15, 0.2) is 42.5 Å². The van der Waals surface area contributed by atoms with Crippen LogP contribution in [0.4, 0.5) is 5.69 Å². The maximum Gasteiger partial charge on any atom is 0.194 e. The Balaban J connectivity index is 2.48. The van der Waals surface area contributed by atoms with E-state index in [0.717, 1.165) is 16.7 Å². The van der Waals surface area contributed by atoms with Crippen molar-refractivity contribution in [2.45, 2.75) is 5.41 Å². The van der Waals surface area contributed by atoms with Gasteiger partial charge in [0.1, 0.15) is 0 Å². The first-order valence-electron chi connectivity index (χ1n) is 5.55. The Labute approximate surface area is 105 Å². The van der Waals surface area contributed by atoms with Crippen LogP contribution in [-0.4, -0.2) is 0 Å². The van der Waals surface area contributed by atoms with Crippen molar-refractivity contribution in [1.82, 2.24) is 0 Å². The fraction of sp³-hybridized carbons (Fsp3) is 0.0667. The van der Waals surface area contributed by atoms with Gasteiger partial charge in [0, 0.05) is 11.3 Å². The van der Waals surface area contributed by atoms with E-state index < -0.39 is 5.41 Å². The summed E-state index contributed by atoms with van der Waals surface area (Å²) in [6.45, 7) is 0. The van der Waals surface area contributed by atoms with Gasteiger partial charge in [0.05, 0.1) is 12.1 Å². The first-order chi connectivity index (χ1) is 8.73. The number of rotatable bonds is 0. The lowest BCUT2D eigenvalue weighted by Gasteiger charge is -2.14. The molecular weight excluding hydrogens is 222 g/mol. The molecule has 2 aromatic carbocycles. The summed E-state index contributed by atoms with van der Waals surface area (Å²) < 4.78 is 0. The number of hydrogen-bond donors (Lipinski definition) is 1. The quantitative estimate of drug-likeness (QED) is 0.708. The Hall–Kier alpha value is -2.78. The van der Waals surface area contributed by atoms with Gasteiger partial charge in [-0.3, -0.25) is 0 Å². The highest BCUT2D eigenvalue weighted by Gasteiger charge is 2.44. The van der Waals surface area contributed by atoms with Gasteiger partial charge in [0.25, 0.3) is 0 Å². The number of benzene rings is 2. The molecule has 3 heteroatoms. The molecule has 1 aliphatic carbocycles. The number of nitrogen functional groups attached to an aromatic ring is 1. The van der Waals surface area contributed by atoms with Gasteiger partial charge >= 0.3 is 0 Å². The average molecular weight is 231 g/mol. The van der Waals surface area contributed by atoms with Crippen molar-refractivity contribution in [2.75, 3.05) is 5.73 Å². The third-order valence-electron chi connectivity index (χ3n) is 3.40. The summed E-state index contributed by atoms with van der Waals surface area (Å²) in [4.78, 5) is 0. The van der Waals surface area contributed by atoms with Crippen LogP contribution >= 0.6 is 0 Å². The van der Waals surface area contributed by atoms with E-state index in [1.807, 2.05) is 30.3 Å². The Morgan fingerprint density at radius 3 is 2.28 bits per heavy atom. The highest BCUT2D eigenvalue weighted by atomic mass is 14.6. The standard InChI is InChI=1S/C15H9N3/c16-8-15(9-17)13-4-2-1-3-11(13)12-6-5-10(18)7-14(12)15/h1-7H,18H2. The van der Waals surface area contributed by atoms with Crippen molar-refractivity contribution in [1.29, 1.82) is 10.5 Å². The molecule has 3 nitrogen and oxygen atoms in total. The number of anilines is 1. The Morgan fingerprint density at radius 2 is 1.56 bits per heavy atom. The first kappa shape index (κ1) is 10.4. The smallest absolute Gasteiger partial charge is 0.194 e. The summed E-state index contributed by atoms with van der Waals surface area (Å²) in [5.41, 5.74) is 8.40. The molecule has 2 aromatic rings. The second-order valence-electron chi connectivity index (χ2n) is 4.32. The van der Waals surface area contributed by atoms with Crippen LogP contribution in [-0.2, 0) is 5.41 Å². The highest BCUT2D eigenvalue weighted by molar-refractivity contribution is 5.86. The van der Waals surface area contributed by atoms with Crippen molar-refractivity contribution in [3.8, 4) is 23.3 Å². The Bertz CT molecular complexity index is 718. The third kappa shape index (κ3) is 1.06. The summed E-state index contributed by atoms with van der Waals surface area (Å²) in [5.74, 6) is 0. The second kappa shape index (κ2) is 3.35. The Kier molecular flexibility index (Phi) is 1.93. The minimum Gasteiger partial charge on any atom is -0.399 e. The van der Waals surface area contributed by atoms with Gasteiger partial charge in [-0.1, -0.05) is 30.3 Å². The predicted octanol–water partition coefficient (Wildman–Crippen LogP) is 2.58. The van der Waals surface area contributed by atoms with Gasteiger partial charge in [0.2, 0.25) is 0 Å². The van der Waals surface area contributed by atoms with Crippen molar-refractivity contribution < 1.29 is 0 Å². The van der Waals surface area contributed by atoms with Crippen molar-refractivity contribution >= 4 is 5.69 Å². The summed E-state index contributed by atoms with van der Waals surface area (Å²) in [5, 5.41) is 19.0. The molecule has 1 aliphatic rings. The SMILES string of the molecule is N#CC1(C#N)c2ccccc2-c2ccc(N)cc21. The molecule has 0 radical (unpaired) electrons. The molecule has 0 spiro atoms. The zero-order valence-electron chi connectivity index (χ0n) is 9.51. The van der Waals surface area contributed by atoms with Gasteiger partial charge in [-0.15, -0.1) is 0 Å². The fourth-order valence-electron chi connectivity index (χ4n) is 2.56. The van der Waals surface area contributed by atoms with Gasteiger partial charge in [-0.2, -0.15) is 10.5 Å². The number of hydrogen-bond acceptors (Lipinski definition) is 3. The molecule has 0 heterocycles. The molecule has 0 aromatic heterocycles. The van der Waals surface area contributed by atoms with E-state index >= 15 is 0 Å². The number of nitrogens with two attached hydrogens (primary N) is 1. The summed E-state index contributed by atoms with van der Waals surface area (Å²) in [6.07, 6.45) is 0. The van der Waals surface area contributed by atoms with E-state index in [0.29, 0.717) is 11.3 Å². The van der Waals surface area contributed by atoms with E-state index in [9.17, 15) is 10.5 Å². The van der Waals surface area contributed by atoms with Crippen LogP contribution in [0.25, 0.3) is 11.1 Å². The molecule has 0 aliphatic heterocycles.